The summed E-state index contributed by atoms with van der Waals surface area (Å²) in [5.74, 6) is 1.72. The van der Waals surface area contributed by atoms with Crippen molar-refractivity contribution in [3.8, 4) is 0 Å². The summed E-state index contributed by atoms with van der Waals surface area (Å²) in [7, 11) is 1.87. The van der Waals surface area contributed by atoms with E-state index in [-0.39, 0.29) is 0 Å². The minimum atomic E-state index is 0.325. The van der Waals surface area contributed by atoms with Gasteiger partial charge in [0.1, 0.15) is 0 Å². The molecule has 1 aliphatic carbocycles. The Morgan fingerprint density at radius 3 is 2.50 bits per heavy atom. The van der Waals surface area contributed by atoms with Crippen molar-refractivity contribution >= 4 is 11.9 Å². The summed E-state index contributed by atoms with van der Waals surface area (Å²) in [6.07, 6.45) is 4.51. The molecule has 1 amide bonds. The van der Waals surface area contributed by atoms with Crippen molar-refractivity contribution < 1.29 is 4.79 Å². The molecule has 0 atom stereocenters. The summed E-state index contributed by atoms with van der Waals surface area (Å²) in [5, 5.41) is 3.54. The van der Waals surface area contributed by atoms with E-state index in [1.54, 1.807) is 0 Å². The largest absolute Gasteiger partial charge is 0.355 e. The van der Waals surface area contributed by atoms with Crippen LogP contribution < -0.4 is 5.32 Å². The van der Waals surface area contributed by atoms with Gasteiger partial charge in [-0.15, -0.1) is 0 Å². The van der Waals surface area contributed by atoms with Gasteiger partial charge in [0.05, 0.1) is 0 Å². The van der Waals surface area contributed by atoms with Crippen molar-refractivity contribution in [2.75, 3.05) is 52.9 Å². The van der Waals surface area contributed by atoms with Gasteiger partial charge in [0.15, 0.2) is 5.96 Å². The number of guanidine groups is 1. The molecule has 1 saturated carbocycles. The highest BCUT2D eigenvalue weighted by atomic mass is 16.2. The molecular weight excluding hydrogens is 350 g/mol. The van der Waals surface area contributed by atoms with Crippen molar-refractivity contribution in [2.45, 2.75) is 32.2 Å². The quantitative estimate of drug-likeness (QED) is 0.633. The lowest BCUT2D eigenvalue weighted by Gasteiger charge is -2.38. The maximum absolute atomic E-state index is 12.4. The van der Waals surface area contributed by atoms with Gasteiger partial charge in [0, 0.05) is 65.3 Å². The van der Waals surface area contributed by atoms with E-state index in [0.29, 0.717) is 11.8 Å². The van der Waals surface area contributed by atoms with Crippen LogP contribution in [0.2, 0.25) is 0 Å². The minimum absolute atomic E-state index is 0.325. The first kappa shape index (κ1) is 19.2. The van der Waals surface area contributed by atoms with Crippen LogP contribution in [0.5, 0.6) is 0 Å². The zero-order chi connectivity index (χ0) is 19.3. The Balaban J connectivity index is 1.19. The van der Waals surface area contributed by atoms with Gasteiger partial charge < -0.3 is 15.1 Å². The molecule has 2 heterocycles. The van der Waals surface area contributed by atoms with Crippen LogP contribution in [-0.2, 0) is 17.8 Å². The summed E-state index contributed by atoms with van der Waals surface area (Å²) in [4.78, 5) is 23.7. The van der Waals surface area contributed by atoms with Gasteiger partial charge in [-0.05, 0) is 30.4 Å². The van der Waals surface area contributed by atoms with Gasteiger partial charge >= 0.3 is 0 Å². The fourth-order valence-corrected chi connectivity index (χ4v) is 4.44. The molecule has 3 aliphatic rings. The first-order valence-electron chi connectivity index (χ1n) is 10.8. The Bertz CT molecular complexity index is 707. The number of piperazine rings is 1. The normalized spacial score (nSPS) is 21.2. The van der Waals surface area contributed by atoms with E-state index in [0.717, 1.165) is 77.6 Å². The molecule has 28 heavy (non-hydrogen) atoms. The first-order chi connectivity index (χ1) is 13.7. The Hall–Kier alpha value is -2.08. The third kappa shape index (κ3) is 4.32. The van der Waals surface area contributed by atoms with Crippen LogP contribution in [0, 0.1) is 5.92 Å². The average molecular weight is 384 g/mol. The second-order valence-electron chi connectivity index (χ2n) is 8.21. The summed E-state index contributed by atoms with van der Waals surface area (Å²) >= 11 is 0. The molecule has 1 aromatic rings. The minimum Gasteiger partial charge on any atom is -0.355 e. The van der Waals surface area contributed by atoms with Crippen LogP contribution >= 0.6 is 0 Å². The van der Waals surface area contributed by atoms with E-state index >= 15 is 0 Å². The second-order valence-corrected chi connectivity index (χ2v) is 8.21. The molecule has 2 fully saturated rings. The van der Waals surface area contributed by atoms with Gasteiger partial charge in [-0.3, -0.25) is 14.7 Å². The van der Waals surface area contributed by atoms with E-state index < -0.39 is 0 Å². The fourth-order valence-electron chi connectivity index (χ4n) is 4.44. The lowest BCUT2D eigenvalue weighted by Crippen LogP contribution is -2.53. The number of hydrogen-bond donors (Lipinski definition) is 1. The number of hydrogen-bond acceptors (Lipinski definition) is 3. The Morgan fingerprint density at radius 1 is 1.07 bits per heavy atom. The maximum atomic E-state index is 12.4. The molecule has 4 rings (SSSR count). The zero-order valence-corrected chi connectivity index (χ0v) is 17.1. The topological polar surface area (TPSA) is 51.2 Å². The van der Waals surface area contributed by atoms with E-state index in [9.17, 15) is 4.79 Å². The van der Waals surface area contributed by atoms with Crippen molar-refractivity contribution in [1.82, 2.24) is 20.0 Å². The van der Waals surface area contributed by atoms with E-state index in [4.69, 9.17) is 0 Å². The van der Waals surface area contributed by atoms with Gasteiger partial charge in [0.25, 0.3) is 0 Å². The first-order valence-corrected chi connectivity index (χ1v) is 10.8. The monoisotopic (exact) mass is 383 g/mol. The molecule has 6 heteroatoms. The standard InChI is InChI=1S/C22H33N5O/c1-23-22(27-11-9-18-5-2-3-6-20(18)17-27)24-10-12-25-13-15-26(16-14-25)21(28)19-7-4-8-19/h2-3,5-6,19H,4,7-17H2,1H3,(H,23,24). The Morgan fingerprint density at radius 2 is 1.82 bits per heavy atom. The van der Waals surface area contributed by atoms with Gasteiger partial charge in [-0.2, -0.15) is 0 Å². The third-order valence-electron chi connectivity index (χ3n) is 6.49. The smallest absolute Gasteiger partial charge is 0.225 e. The summed E-state index contributed by atoms with van der Waals surface area (Å²) < 4.78 is 0. The van der Waals surface area contributed by atoms with Crippen LogP contribution in [0.15, 0.2) is 29.3 Å². The van der Waals surface area contributed by atoms with Gasteiger partial charge in [0.2, 0.25) is 5.91 Å². The van der Waals surface area contributed by atoms with Crippen molar-refractivity contribution in [3.63, 3.8) is 0 Å². The van der Waals surface area contributed by atoms with E-state index in [1.807, 2.05) is 7.05 Å². The molecule has 1 aromatic carbocycles. The molecule has 0 spiro atoms. The molecule has 2 aliphatic heterocycles. The zero-order valence-electron chi connectivity index (χ0n) is 17.1. The number of aliphatic imine (C=N–C) groups is 1. The number of nitrogens with one attached hydrogen (secondary N) is 1. The number of rotatable bonds is 4. The molecule has 0 aromatic heterocycles. The molecule has 0 bridgehead atoms. The van der Waals surface area contributed by atoms with E-state index in [2.05, 4.69) is 49.3 Å². The summed E-state index contributed by atoms with van der Waals surface area (Å²) in [6.45, 7) is 7.55. The van der Waals surface area contributed by atoms with Gasteiger partial charge in [-0.25, -0.2) is 0 Å². The average Bonchev–Trinajstić information content (AvgIpc) is 2.70. The molecule has 1 N–H and O–H groups in total. The van der Waals surface area contributed by atoms with Crippen LogP contribution in [-0.4, -0.2) is 79.4 Å². The molecule has 6 nitrogen and oxygen atoms in total. The van der Waals surface area contributed by atoms with Crippen molar-refractivity contribution in [2.24, 2.45) is 10.9 Å². The predicted molar refractivity (Wildman–Crippen MR) is 112 cm³/mol. The molecular formula is C22H33N5O. The maximum Gasteiger partial charge on any atom is 0.225 e. The highest BCUT2D eigenvalue weighted by molar-refractivity contribution is 5.80. The molecule has 152 valence electrons. The number of carbonyl (C=O) groups excluding carboxylic acids is 1. The number of amides is 1. The van der Waals surface area contributed by atoms with Gasteiger partial charge in [-0.1, -0.05) is 30.7 Å². The number of benzene rings is 1. The predicted octanol–water partition coefficient (Wildman–Crippen LogP) is 1.56. The van der Waals surface area contributed by atoms with Crippen molar-refractivity contribution in [1.29, 1.82) is 0 Å². The highest BCUT2D eigenvalue weighted by Crippen LogP contribution is 2.28. The Labute approximate surface area is 168 Å². The summed E-state index contributed by atoms with van der Waals surface area (Å²) in [5.41, 5.74) is 2.87. The molecule has 0 unspecified atom stereocenters. The van der Waals surface area contributed by atoms with E-state index in [1.165, 1.54) is 17.5 Å². The third-order valence-corrected chi connectivity index (χ3v) is 6.49. The number of carbonyl (C=O) groups is 1. The second kappa shape index (κ2) is 8.95. The SMILES string of the molecule is CN=C(NCCN1CCN(C(=O)C2CCC2)CC1)N1CCc2ccccc2C1. The lowest BCUT2D eigenvalue weighted by atomic mass is 9.84. The highest BCUT2D eigenvalue weighted by Gasteiger charge is 2.31. The van der Waals surface area contributed by atoms with Crippen LogP contribution in [0.4, 0.5) is 0 Å². The summed E-state index contributed by atoms with van der Waals surface area (Å²) in [6, 6.07) is 8.70. The number of nitrogens with zero attached hydrogens (tertiary/aromatic N) is 4. The van der Waals surface area contributed by atoms with Crippen molar-refractivity contribution in [3.05, 3.63) is 35.4 Å². The van der Waals surface area contributed by atoms with Crippen LogP contribution in [0.1, 0.15) is 30.4 Å². The van der Waals surface area contributed by atoms with Crippen LogP contribution in [0.25, 0.3) is 0 Å². The Kier molecular flexibility index (Phi) is 6.15. The lowest BCUT2D eigenvalue weighted by molar-refractivity contribution is -0.139. The van der Waals surface area contributed by atoms with Crippen LogP contribution in [0.3, 0.4) is 0 Å². The molecule has 0 radical (unpaired) electrons. The number of fused-ring (bicyclic) bond motifs is 1. The fraction of sp³-hybridized carbons (Fsp3) is 0.636. The molecule has 1 saturated heterocycles.